The monoisotopic (exact) mass is 247 g/mol. The molecular weight excluding hydrogens is 222 g/mol. The van der Waals surface area contributed by atoms with Crippen LogP contribution in [-0.2, 0) is 6.42 Å². The van der Waals surface area contributed by atoms with E-state index >= 15 is 0 Å². The number of aliphatic hydroxyl groups excluding tert-OH is 1. The van der Waals surface area contributed by atoms with Crippen LogP contribution in [0.5, 0.6) is 0 Å². The van der Waals surface area contributed by atoms with Crippen molar-refractivity contribution in [3.8, 4) is 0 Å². The number of aliphatic hydroxyl groups is 1. The molecule has 0 saturated heterocycles. The zero-order valence-electron chi connectivity index (χ0n) is 11.4. The Morgan fingerprint density at radius 1 is 1.33 bits per heavy atom. The van der Waals surface area contributed by atoms with E-state index in [0.717, 1.165) is 32.4 Å². The van der Waals surface area contributed by atoms with Gasteiger partial charge in [0.2, 0.25) is 0 Å². The smallest absolute Gasteiger partial charge is 0.0443 e. The third kappa shape index (κ3) is 5.03. The highest BCUT2D eigenvalue weighted by Crippen LogP contribution is 2.13. The van der Waals surface area contributed by atoms with E-state index in [1.807, 2.05) is 6.08 Å². The highest BCUT2D eigenvalue weighted by atomic mass is 16.3. The van der Waals surface area contributed by atoms with Crippen LogP contribution in [0.25, 0.3) is 0 Å². The van der Waals surface area contributed by atoms with Crippen molar-refractivity contribution in [2.45, 2.75) is 32.2 Å². The zero-order chi connectivity index (χ0) is 13.2. The van der Waals surface area contributed by atoms with E-state index in [2.05, 4.69) is 48.7 Å². The summed E-state index contributed by atoms with van der Waals surface area (Å²) in [6, 6.07) is 11.1. The van der Waals surface area contributed by atoms with Gasteiger partial charge in [-0.2, -0.15) is 0 Å². The van der Waals surface area contributed by atoms with Crippen LogP contribution in [0.1, 0.15) is 25.3 Å². The molecule has 2 nitrogen and oxygen atoms in total. The molecule has 0 aliphatic heterocycles. The summed E-state index contributed by atoms with van der Waals surface area (Å²) in [6.45, 7) is 8.28. The van der Waals surface area contributed by atoms with E-state index in [-0.39, 0.29) is 6.61 Å². The third-order valence-corrected chi connectivity index (χ3v) is 3.28. The molecular formula is C16H25NO. The number of nitrogens with zero attached hydrogens (tertiary/aromatic N) is 1. The van der Waals surface area contributed by atoms with Gasteiger partial charge in [0.25, 0.3) is 0 Å². The van der Waals surface area contributed by atoms with E-state index in [4.69, 9.17) is 5.11 Å². The average molecular weight is 247 g/mol. The Morgan fingerprint density at radius 2 is 2.06 bits per heavy atom. The van der Waals surface area contributed by atoms with Crippen LogP contribution in [-0.4, -0.2) is 35.7 Å². The van der Waals surface area contributed by atoms with Gasteiger partial charge in [-0.05, 0) is 31.4 Å². The standard InChI is InChI=1S/C16H25NO/c1-3-9-16(17(4-2)12-8-13-18)14-15-10-6-5-7-11-15/h3,5-7,10-11,16,18H,1,4,8-9,12-14H2,2H3/t16-/m0/s1. The van der Waals surface area contributed by atoms with Crippen molar-refractivity contribution in [2.24, 2.45) is 0 Å². The van der Waals surface area contributed by atoms with Gasteiger partial charge in [-0.3, -0.25) is 4.90 Å². The van der Waals surface area contributed by atoms with Crippen LogP contribution in [0.4, 0.5) is 0 Å². The Balaban J connectivity index is 2.64. The normalized spacial score (nSPS) is 12.6. The molecule has 0 spiro atoms. The molecule has 0 amide bonds. The minimum absolute atomic E-state index is 0.267. The summed E-state index contributed by atoms with van der Waals surface area (Å²) in [6.07, 6.45) is 4.88. The lowest BCUT2D eigenvalue weighted by Crippen LogP contribution is -2.37. The van der Waals surface area contributed by atoms with Gasteiger partial charge >= 0.3 is 0 Å². The Kier molecular flexibility index (Phi) is 7.38. The minimum atomic E-state index is 0.267. The van der Waals surface area contributed by atoms with Crippen LogP contribution in [0.3, 0.4) is 0 Å². The molecule has 0 aromatic heterocycles. The van der Waals surface area contributed by atoms with Gasteiger partial charge in [0.15, 0.2) is 0 Å². The molecule has 0 unspecified atom stereocenters. The number of rotatable bonds is 9. The molecule has 1 rings (SSSR count). The molecule has 0 aliphatic rings. The summed E-state index contributed by atoms with van der Waals surface area (Å²) in [7, 11) is 0. The van der Waals surface area contributed by atoms with Gasteiger partial charge in [0, 0.05) is 19.2 Å². The molecule has 0 radical (unpaired) electrons. The quantitative estimate of drug-likeness (QED) is 0.678. The Bertz CT molecular complexity index is 323. The lowest BCUT2D eigenvalue weighted by atomic mass is 10.0. The second-order valence-electron chi connectivity index (χ2n) is 4.57. The molecule has 18 heavy (non-hydrogen) atoms. The maximum atomic E-state index is 8.97. The van der Waals surface area contributed by atoms with Crippen LogP contribution in [0.15, 0.2) is 43.0 Å². The molecule has 2 heteroatoms. The summed E-state index contributed by atoms with van der Waals surface area (Å²) in [5.74, 6) is 0. The summed E-state index contributed by atoms with van der Waals surface area (Å²) < 4.78 is 0. The molecule has 0 fully saturated rings. The maximum Gasteiger partial charge on any atom is 0.0443 e. The van der Waals surface area contributed by atoms with Gasteiger partial charge in [0.05, 0.1) is 0 Å². The van der Waals surface area contributed by atoms with E-state index in [1.165, 1.54) is 5.56 Å². The molecule has 1 aromatic rings. The summed E-state index contributed by atoms with van der Waals surface area (Å²) >= 11 is 0. The lowest BCUT2D eigenvalue weighted by Gasteiger charge is -2.30. The molecule has 1 N–H and O–H groups in total. The van der Waals surface area contributed by atoms with Gasteiger partial charge in [-0.25, -0.2) is 0 Å². The molecule has 0 heterocycles. The first-order chi connectivity index (χ1) is 8.81. The van der Waals surface area contributed by atoms with Crippen molar-refractivity contribution >= 4 is 0 Å². The molecule has 0 bridgehead atoms. The summed E-state index contributed by atoms with van der Waals surface area (Å²) in [5, 5.41) is 8.97. The first-order valence-electron chi connectivity index (χ1n) is 6.81. The average Bonchev–Trinajstić information content (AvgIpc) is 2.41. The zero-order valence-corrected chi connectivity index (χ0v) is 11.4. The van der Waals surface area contributed by atoms with E-state index < -0.39 is 0 Å². The predicted octanol–water partition coefficient (Wildman–Crippen LogP) is 2.88. The summed E-state index contributed by atoms with van der Waals surface area (Å²) in [5.41, 5.74) is 1.37. The Hall–Kier alpha value is -1.12. The van der Waals surface area contributed by atoms with E-state index in [0.29, 0.717) is 6.04 Å². The SMILES string of the molecule is C=CC[C@@H](Cc1ccccc1)N(CC)CCCO. The Morgan fingerprint density at radius 3 is 2.61 bits per heavy atom. The van der Waals surface area contributed by atoms with Crippen LogP contribution in [0, 0.1) is 0 Å². The fourth-order valence-corrected chi connectivity index (χ4v) is 2.31. The number of hydrogen-bond acceptors (Lipinski definition) is 2. The van der Waals surface area contributed by atoms with Crippen molar-refractivity contribution in [3.63, 3.8) is 0 Å². The van der Waals surface area contributed by atoms with Crippen LogP contribution < -0.4 is 0 Å². The van der Waals surface area contributed by atoms with Crippen LogP contribution in [0.2, 0.25) is 0 Å². The lowest BCUT2D eigenvalue weighted by molar-refractivity contribution is 0.180. The topological polar surface area (TPSA) is 23.5 Å². The maximum absolute atomic E-state index is 8.97. The van der Waals surface area contributed by atoms with Crippen molar-refractivity contribution in [2.75, 3.05) is 19.7 Å². The van der Waals surface area contributed by atoms with Crippen LogP contribution >= 0.6 is 0 Å². The van der Waals surface area contributed by atoms with E-state index in [1.54, 1.807) is 0 Å². The second kappa shape index (κ2) is 8.90. The van der Waals surface area contributed by atoms with Gasteiger partial charge in [-0.1, -0.05) is 43.3 Å². The highest BCUT2D eigenvalue weighted by Gasteiger charge is 2.15. The fourth-order valence-electron chi connectivity index (χ4n) is 2.31. The molecule has 100 valence electrons. The van der Waals surface area contributed by atoms with E-state index in [9.17, 15) is 0 Å². The number of benzene rings is 1. The number of hydrogen-bond donors (Lipinski definition) is 1. The third-order valence-electron chi connectivity index (χ3n) is 3.28. The Labute approximate surface area is 111 Å². The number of likely N-dealkylation sites (N-methyl/N-ethyl adjacent to an activating group) is 1. The fraction of sp³-hybridized carbons (Fsp3) is 0.500. The highest BCUT2D eigenvalue weighted by molar-refractivity contribution is 5.16. The van der Waals surface area contributed by atoms with Crippen molar-refractivity contribution in [1.82, 2.24) is 4.90 Å². The first kappa shape index (κ1) is 14.9. The molecule has 1 aromatic carbocycles. The van der Waals surface area contributed by atoms with Gasteiger partial charge in [0.1, 0.15) is 0 Å². The van der Waals surface area contributed by atoms with Gasteiger partial charge in [-0.15, -0.1) is 6.58 Å². The largest absolute Gasteiger partial charge is 0.396 e. The van der Waals surface area contributed by atoms with Gasteiger partial charge < -0.3 is 5.11 Å². The minimum Gasteiger partial charge on any atom is -0.396 e. The predicted molar refractivity (Wildman–Crippen MR) is 77.7 cm³/mol. The van der Waals surface area contributed by atoms with Crippen molar-refractivity contribution in [3.05, 3.63) is 48.6 Å². The van der Waals surface area contributed by atoms with Crippen molar-refractivity contribution < 1.29 is 5.11 Å². The summed E-state index contributed by atoms with van der Waals surface area (Å²) in [4.78, 5) is 2.44. The molecule has 1 atom stereocenters. The first-order valence-corrected chi connectivity index (χ1v) is 6.81. The molecule has 0 saturated carbocycles. The second-order valence-corrected chi connectivity index (χ2v) is 4.57. The van der Waals surface area contributed by atoms with Crippen molar-refractivity contribution in [1.29, 1.82) is 0 Å². The molecule has 0 aliphatic carbocycles.